The number of nitrogens with one attached hydrogen (secondary N) is 2. The predicted octanol–water partition coefficient (Wildman–Crippen LogP) is 2.68. The average Bonchev–Trinajstić information content (AvgIpc) is 3.42. The molecule has 0 spiro atoms. The zero-order chi connectivity index (χ0) is 21.5. The molecule has 2 heterocycles. The van der Waals surface area contributed by atoms with Crippen LogP contribution in [-0.2, 0) is 15.1 Å². The Morgan fingerprint density at radius 2 is 2.00 bits per heavy atom. The van der Waals surface area contributed by atoms with Crippen LogP contribution >= 0.6 is 0 Å². The molecule has 1 aliphatic carbocycles. The van der Waals surface area contributed by atoms with Crippen LogP contribution in [0, 0.1) is 11.6 Å². The van der Waals surface area contributed by atoms with Gasteiger partial charge in [-0.05, 0) is 38.0 Å². The number of halogens is 2. The molecular weight excluding hydrogens is 396 g/mol. The van der Waals surface area contributed by atoms with Crippen molar-refractivity contribution in [2.45, 2.75) is 44.2 Å². The van der Waals surface area contributed by atoms with Crippen LogP contribution in [0.4, 0.5) is 19.4 Å². The van der Waals surface area contributed by atoms with E-state index in [4.69, 9.17) is 0 Å². The first kappa shape index (κ1) is 20.0. The highest BCUT2D eigenvalue weighted by Gasteiger charge is 2.50. The van der Waals surface area contributed by atoms with Gasteiger partial charge in [0.15, 0.2) is 0 Å². The summed E-state index contributed by atoms with van der Waals surface area (Å²) in [5.74, 6) is -2.53. The third-order valence-electron chi connectivity index (χ3n) is 5.65. The van der Waals surface area contributed by atoms with Crippen LogP contribution in [-0.4, -0.2) is 39.1 Å². The van der Waals surface area contributed by atoms with Gasteiger partial charge in [-0.25, -0.2) is 18.3 Å². The Bertz CT molecular complexity index is 1020. The molecule has 1 saturated carbocycles. The van der Waals surface area contributed by atoms with Gasteiger partial charge in [-0.3, -0.25) is 14.5 Å². The van der Waals surface area contributed by atoms with Gasteiger partial charge in [0.1, 0.15) is 29.5 Å². The number of hydrogen-bond donors (Lipinski definition) is 2. The highest BCUT2D eigenvalue weighted by molar-refractivity contribution is 6.10. The molecule has 30 heavy (non-hydrogen) atoms. The Labute approximate surface area is 171 Å². The van der Waals surface area contributed by atoms with Crippen LogP contribution in [0.2, 0.25) is 0 Å². The zero-order valence-electron chi connectivity index (χ0n) is 16.3. The quantitative estimate of drug-likeness (QED) is 0.731. The van der Waals surface area contributed by atoms with E-state index < -0.39 is 41.6 Å². The van der Waals surface area contributed by atoms with E-state index in [2.05, 4.69) is 15.7 Å². The Morgan fingerprint density at radius 1 is 1.27 bits per heavy atom. The van der Waals surface area contributed by atoms with Crippen molar-refractivity contribution in [2.75, 3.05) is 11.9 Å². The van der Waals surface area contributed by atoms with Crippen molar-refractivity contribution in [3.63, 3.8) is 0 Å². The fraction of sp³-hybridized carbons (Fsp3) is 0.400. The molecule has 0 bridgehead atoms. The van der Waals surface area contributed by atoms with Gasteiger partial charge in [0.2, 0.25) is 5.91 Å². The number of benzene rings is 1. The lowest BCUT2D eigenvalue weighted by Gasteiger charge is -2.22. The fourth-order valence-electron chi connectivity index (χ4n) is 4.08. The summed E-state index contributed by atoms with van der Waals surface area (Å²) in [6.45, 7) is 0.713. The van der Waals surface area contributed by atoms with E-state index in [9.17, 15) is 23.2 Å². The van der Waals surface area contributed by atoms with Crippen molar-refractivity contribution in [3.05, 3.63) is 47.7 Å². The lowest BCUT2D eigenvalue weighted by Crippen LogP contribution is -2.43. The topological polar surface area (TPSA) is 96.3 Å². The van der Waals surface area contributed by atoms with Crippen molar-refractivity contribution in [2.24, 2.45) is 0 Å². The molecule has 8 nitrogen and oxygen atoms in total. The molecule has 4 amide bonds. The Kier molecular flexibility index (Phi) is 5.00. The molecule has 1 atom stereocenters. The van der Waals surface area contributed by atoms with Gasteiger partial charge in [-0.2, -0.15) is 5.10 Å². The molecule has 0 radical (unpaired) electrons. The molecule has 4 rings (SSSR count). The number of rotatable bonds is 5. The minimum absolute atomic E-state index is 0.200. The molecule has 2 N–H and O–H groups in total. The number of imide groups is 1. The van der Waals surface area contributed by atoms with Crippen molar-refractivity contribution >= 4 is 23.7 Å². The van der Waals surface area contributed by atoms with E-state index in [0.29, 0.717) is 10.7 Å². The fourth-order valence-corrected chi connectivity index (χ4v) is 4.08. The third kappa shape index (κ3) is 3.42. The standard InChI is InChI=1S/C20H21F2N5O3/c1-20(14-10-12(21)6-7-15(14)22)18(29)26(19(30)25-20)11-17(28)24-16-8-9-23-27(16)13-4-2-3-5-13/h6-10,13H,2-5,11H2,1H3,(H,24,28)(H,25,30). The number of nitrogens with zero attached hydrogens (tertiary/aromatic N) is 3. The summed E-state index contributed by atoms with van der Waals surface area (Å²) in [5.41, 5.74) is -2.11. The number of amides is 4. The van der Waals surface area contributed by atoms with E-state index >= 15 is 0 Å². The van der Waals surface area contributed by atoms with Crippen LogP contribution in [0.3, 0.4) is 0 Å². The molecule has 10 heteroatoms. The lowest BCUT2D eigenvalue weighted by molar-refractivity contribution is -0.133. The molecule has 1 aromatic heterocycles. The second kappa shape index (κ2) is 7.51. The summed E-state index contributed by atoms with van der Waals surface area (Å²) in [6.07, 6.45) is 5.70. The van der Waals surface area contributed by atoms with Crippen LogP contribution in [0.15, 0.2) is 30.5 Å². The SMILES string of the molecule is CC1(c2cc(F)ccc2F)NC(=O)N(CC(=O)Nc2ccnn2C2CCCC2)C1=O. The Morgan fingerprint density at radius 3 is 2.73 bits per heavy atom. The number of aromatic nitrogens is 2. The number of hydrogen-bond acceptors (Lipinski definition) is 4. The van der Waals surface area contributed by atoms with Gasteiger partial charge >= 0.3 is 6.03 Å². The van der Waals surface area contributed by atoms with Crippen molar-refractivity contribution in [3.8, 4) is 0 Å². The molecule has 2 aromatic rings. The van der Waals surface area contributed by atoms with Gasteiger partial charge in [-0.15, -0.1) is 0 Å². The monoisotopic (exact) mass is 417 g/mol. The number of carbonyl (C=O) groups is 3. The van der Waals surface area contributed by atoms with E-state index in [0.717, 1.165) is 43.9 Å². The van der Waals surface area contributed by atoms with Crippen LogP contribution in [0.5, 0.6) is 0 Å². The van der Waals surface area contributed by atoms with E-state index in [1.165, 1.54) is 6.92 Å². The second-order valence-electron chi connectivity index (χ2n) is 7.72. The molecule has 1 unspecified atom stereocenters. The summed E-state index contributed by atoms with van der Waals surface area (Å²) < 4.78 is 29.6. The predicted molar refractivity (Wildman–Crippen MR) is 102 cm³/mol. The van der Waals surface area contributed by atoms with Gasteiger partial charge in [0.25, 0.3) is 5.91 Å². The molecule has 2 fully saturated rings. The molecule has 1 aliphatic heterocycles. The van der Waals surface area contributed by atoms with Gasteiger partial charge in [0.05, 0.1) is 12.2 Å². The molecule has 2 aliphatic rings. The summed E-state index contributed by atoms with van der Waals surface area (Å²) in [4.78, 5) is 38.5. The number of urea groups is 1. The van der Waals surface area contributed by atoms with Crippen LogP contribution in [0.25, 0.3) is 0 Å². The van der Waals surface area contributed by atoms with E-state index in [1.807, 2.05) is 0 Å². The second-order valence-corrected chi connectivity index (χ2v) is 7.72. The molecule has 158 valence electrons. The Hall–Kier alpha value is -3.30. The maximum atomic E-state index is 14.2. The minimum Gasteiger partial charge on any atom is -0.319 e. The normalized spacial score (nSPS) is 21.9. The third-order valence-corrected chi connectivity index (χ3v) is 5.65. The number of anilines is 1. The van der Waals surface area contributed by atoms with E-state index in [-0.39, 0.29) is 11.6 Å². The summed E-state index contributed by atoms with van der Waals surface area (Å²) in [5, 5.41) is 9.30. The summed E-state index contributed by atoms with van der Waals surface area (Å²) in [6, 6.07) is 3.65. The van der Waals surface area contributed by atoms with Crippen LogP contribution < -0.4 is 10.6 Å². The van der Waals surface area contributed by atoms with Gasteiger partial charge in [0, 0.05) is 11.6 Å². The average molecular weight is 417 g/mol. The first-order chi connectivity index (χ1) is 14.3. The maximum absolute atomic E-state index is 14.2. The summed E-state index contributed by atoms with van der Waals surface area (Å²) >= 11 is 0. The number of carbonyl (C=O) groups excluding carboxylic acids is 3. The maximum Gasteiger partial charge on any atom is 0.325 e. The molecular formula is C20H21F2N5O3. The zero-order valence-corrected chi connectivity index (χ0v) is 16.3. The van der Waals surface area contributed by atoms with E-state index in [1.54, 1.807) is 16.9 Å². The van der Waals surface area contributed by atoms with Crippen LogP contribution in [0.1, 0.15) is 44.2 Å². The lowest BCUT2D eigenvalue weighted by atomic mass is 9.91. The van der Waals surface area contributed by atoms with Crippen molar-refractivity contribution < 1.29 is 23.2 Å². The molecule has 1 saturated heterocycles. The highest BCUT2D eigenvalue weighted by atomic mass is 19.1. The summed E-state index contributed by atoms with van der Waals surface area (Å²) in [7, 11) is 0. The van der Waals surface area contributed by atoms with Crippen molar-refractivity contribution in [1.82, 2.24) is 20.0 Å². The minimum atomic E-state index is -1.81. The largest absolute Gasteiger partial charge is 0.325 e. The first-order valence-corrected chi connectivity index (χ1v) is 9.72. The van der Waals surface area contributed by atoms with Gasteiger partial charge in [-0.1, -0.05) is 12.8 Å². The Balaban J connectivity index is 1.49. The molecule has 1 aromatic carbocycles. The first-order valence-electron chi connectivity index (χ1n) is 9.72. The van der Waals surface area contributed by atoms with Gasteiger partial charge < -0.3 is 10.6 Å². The van der Waals surface area contributed by atoms with Crippen molar-refractivity contribution in [1.29, 1.82) is 0 Å². The highest BCUT2D eigenvalue weighted by Crippen LogP contribution is 2.32. The smallest absolute Gasteiger partial charge is 0.319 e.